The molecule has 0 aromatic heterocycles. The zero-order chi connectivity index (χ0) is 15.4. The Balaban J connectivity index is 2.01. The summed E-state index contributed by atoms with van der Waals surface area (Å²) < 4.78 is 6.05. The average Bonchev–Trinajstić information content (AvgIpc) is 2.43. The number of anilines is 1. The van der Waals surface area contributed by atoms with Crippen molar-refractivity contribution in [1.82, 2.24) is 4.90 Å². The molecule has 116 valence electrons. The number of halogens is 1. The number of nitro groups is 1. The van der Waals surface area contributed by atoms with Gasteiger partial charge in [0.05, 0.1) is 18.1 Å². The first kappa shape index (κ1) is 16.2. The zero-order valence-electron chi connectivity index (χ0n) is 12.3. The maximum atomic E-state index is 10.9. The Kier molecular flexibility index (Phi) is 5.55. The van der Waals surface area contributed by atoms with Crippen LogP contribution in [0.15, 0.2) is 16.6 Å². The van der Waals surface area contributed by atoms with Gasteiger partial charge in [0, 0.05) is 47.5 Å². The Bertz CT molecular complexity index is 518. The predicted octanol–water partition coefficient (Wildman–Crippen LogP) is 2.80. The Morgan fingerprint density at radius 3 is 2.76 bits per heavy atom. The number of benzene rings is 1. The fraction of sp³-hybridized carbons (Fsp3) is 0.571. The van der Waals surface area contributed by atoms with Crippen molar-refractivity contribution < 1.29 is 9.66 Å². The van der Waals surface area contributed by atoms with Crippen LogP contribution in [0.3, 0.4) is 0 Å². The number of nitrogens with zero attached hydrogens (tertiary/aromatic N) is 2. The van der Waals surface area contributed by atoms with E-state index in [4.69, 9.17) is 4.74 Å². The van der Waals surface area contributed by atoms with Gasteiger partial charge in [-0.15, -0.1) is 0 Å². The zero-order valence-corrected chi connectivity index (χ0v) is 13.9. The highest BCUT2D eigenvalue weighted by Gasteiger charge is 2.17. The molecule has 1 aromatic rings. The van der Waals surface area contributed by atoms with Crippen molar-refractivity contribution in [1.29, 1.82) is 0 Å². The van der Waals surface area contributed by atoms with Gasteiger partial charge in [0.1, 0.15) is 0 Å². The molecule has 1 aromatic carbocycles. The van der Waals surface area contributed by atoms with Gasteiger partial charge in [-0.05, 0) is 35.8 Å². The maximum absolute atomic E-state index is 10.9. The van der Waals surface area contributed by atoms with Gasteiger partial charge in [0.15, 0.2) is 0 Å². The second kappa shape index (κ2) is 7.20. The summed E-state index contributed by atoms with van der Waals surface area (Å²) in [4.78, 5) is 12.9. The molecule has 1 unspecified atom stereocenters. The van der Waals surface area contributed by atoms with Crippen molar-refractivity contribution >= 4 is 27.3 Å². The molecule has 1 fully saturated rings. The van der Waals surface area contributed by atoms with E-state index in [-0.39, 0.29) is 16.7 Å². The molecule has 1 saturated heterocycles. The molecule has 0 amide bonds. The molecule has 0 spiro atoms. The van der Waals surface area contributed by atoms with Gasteiger partial charge in [-0.25, -0.2) is 0 Å². The lowest BCUT2D eigenvalue weighted by Crippen LogP contribution is -2.42. The summed E-state index contributed by atoms with van der Waals surface area (Å²) in [6.45, 7) is 8.26. The largest absolute Gasteiger partial charge is 0.380 e. The molecule has 1 N–H and O–H groups in total. The van der Waals surface area contributed by atoms with E-state index in [2.05, 4.69) is 33.1 Å². The summed E-state index contributed by atoms with van der Waals surface area (Å²) in [6.07, 6.45) is 0. The van der Waals surface area contributed by atoms with Gasteiger partial charge in [-0.2, -0.15) is 0 Å². The highest BCUT2D eigenvalue weighted by Crippen LogP contribution is 2.31. The van der Waals surface area contributed by atoms with E-state index >= 15 is 0 Å². The monoisotopic (exact) mass is 357 g/mol. The minimum absolute atomic E-state index is 0.133. The Morgan fingerprint density at radius 2 is 2.14 bits per heavy atom. The van der Waals surface area contributed by atoms with E-state index in [1.54, 1.807) is 13.0 Å². The molecule has 0 saturated carbocycles. The number of hydrogen-bond acceptors (Lipinski definition) is 5. The number of rotatable bonds is 5. The fourth-order valence-corrected chi connectivity index (χ4v) is 2.91. The normalized spacial score (nSPS) is 17.5. The van der Waals surface area contributed by atoms with Crippen LogP contribution in [0.1, 0.15) is 12.5 Å². The molecule has 1 aliphatic heterocycles. The molecule has 21 heavy (non-hydrogen) atoms. The Morgan fingerprint density at radius 1 is 1.48 bits per heavy atom. The Hall–Kier alpha value is -1.18. The SMILES string of the molecule is Cc1cc(NC(C)CN2CCOCC2)c(Br)cc1[N+](=O)[O-]. The molecule has 0 aliphatic carbocycles. The fourth-order valence-electron chi connectivity index (χ4n) is 2.46. The van der Waals surface area contributed by atoms with E-state index in [1.807, 2.05) is 6.07 Å². The van der Waals surface area contributed by atoms with Gasteiger partial charge in [-0.1, -0.05) is 0 Å². The summed E-state index contributed by atoms with van der Waals surface area (Å²) in [5, 5.41) is 14.3. The summed E-state index contributed by atoms with van der Waals surface area (Å²) in [7, 11) is 0. The highest BCUT2D eigenvalue weighted by molar-refractivity contribution is 9.10. The Labute approximate surface area is 132 Å². The summed E-state index contributed by atoms with van der Waals surface area (Å²) in [6, 6.07) is 3.62. The summed E-state index contributed by atoms with van der Waals surface area (Å²) >= 11 is 3.40. The van der Waals surface area contributed by atoms with Crippen molar-refractivity contribution in [2.24, 2.45) is 0 Å². The van der Waals surface area contributed by atoms with Crippen LogP contribution < -0.4 is 5.32 Å². The third-order valence-corrected chi connectivity index (χ3v) is 4.18. The summed E-state index contributed by atoms with van der Waals surface area (Å²) in [5.74, 6) is 0. The standard InChI is InChI=1S/C14H20BrN3O3/c1-10-7-13(12(15)8-14(10)18(19)20)16-11(2)9-17-3-5-21-6-4-17/h7-8,11,16H,3-6,9H2,1-2H3. The molecule has 2 rings (SSSR count). The molecule has 1 heterocycles. The van der Waals surface area contributed by atoms with Crippen molar-refractivity contribution in [3.8, 4) is 0 Å². The third-order valence-electron chi connectivity index (χ3n) is 3.52. The lowest BCUT2D eigenvalue weighted by molar-refractivity contribution is -0.385. The molecule has 0 bridgehead atoms. The van der Waals surface area contributed by atoms with Crippen molar-refractivity contribution in [3.63, 3.8) is 0 Å². The quantitative estimate of drug-likeness (QED) is 0.648. The molecule has 1 aliphatic rings. The number of hydrogen-bond donors (Lipinski definition) is 1. The average molecular weight is 358 g/mol. The van der Waals surface area contributed by atoms with Crippen LogP contribution >= 0.6 is 15.9 Å². The lowest BCUT2D eigenvalue weighted by atomic mass is 10.1. The van der Waals surface area contributed by atoms with Gasteiger partial charge in [0.2, 0.25) is 0 Å². The molecule has 0 radical (unpaired) electrons. The number of ether oxygens (including phenoxy) is 1. The highest BCUT2D eigenvalue weighted by atomic mass is 79.9. The minimum Gasteiger partial charge on any atom is -0.380 e. The molecule has 1 atom stereocenters. The van der Waals surface area contributed by atoms with E-state index in [0.717, 1.165) is 38.5 Å². The summed E-state index contributed by atoms with van der Waals surface area (Å²) in [5.41, 5.74) is 1.68. The van der Waals surface area contributed by atoms with Crippen LogP contribution in [0.5, 0.6) is 0 Å². The predicted molar refractivity (Wildman–Crippen MR) is 85.9 cm³/mol. The first-order valence-corrected chi connectivity index (χ1v) is 7.78. The third kappa shape index (κ3) is 4.39. The van der Waals surface area contributed by atoms with E-state index in [9.17, 15) is 10.1 Å². The van der Waals surface area contributed by atoms with Crippen LogP contribution in [0.2, 0.25) is 0 Å². The number of morpholine rings is 1. The van der Waals surface area contributed by atoms with Crippen LogP contribution in [-0.4, -0.2) is 48.7 Å². The lowest BCUT2D eigenvalue weighted by Gasteiger charge is -2.30. The molecular formula is C14H20BrN3O3. The van der Waals surface area contributed by atoms with Crippen LogP contribution in [-0.2, 0) is 4.74 Å². The van der Waals surface area contributed by atoms with Gasteiger partial charge in [0.25, 0.3) is 5.69 Å². The molecule has 6 nitrogen and oxygen atoms in total. The van der Waals surface area contributed by atoms with E-state index in [0.29, 0.717) is 10.0 Å². The smallest absolute Gasteiger partial charge is 0.273 e. The van der Waals surface area contributed by atoms with Crippen molar-refractivity contribution in [2.45, 2.75) is 19.9 Å². The van der Waals surface area contributed by atoms with Crippen LogP contribution in [0, 0.1) is 17.0 Å². The van der Waals surface area contributed by atoms with Gasteiger partial charge < -0.3 is 10.1 Å². The van der Waals surface area contributed by atoms with Gasteiger partial charge in [-0.3, -0.25) is 15.0 Å². The molecular weight excluding hydrogens is 338 g/mol. The van der Waals surface area contributed by atoms with E-state index in [1.165, 1.54) is 0 Å². The van der Waals surface area contributed by atoms with Gasteiger partial charge >= 0.3 is 0 Å². The number of nitro benzene ring substituents is 1. The second-order valence-corrected chi connectivity index (χ2v) is 6.19. The minimum atomic E-state index is -0.360. The van der Waals surface area contributed by atoms with Crippen LogP contribution in [0.4, 0.5) is 11.4 Å². The first-order valence-electron chi connectivity index (χ1n) is 6.98. The molecule has 7 heteroatoms. The second-order valence-electron chi connectivity index (χ2n) is 5.33. The van der Waals surface area contributed by atoms with E-state index < -0.39 is 0 Å². The van der Waals surface area contributed by atoms with Crippen molar-refractivity contribution in [2.75, 3.05) is 38.2 Å². The number of nitrogens with one attached hydrogen (secondary N) is 1. The van der Waals surface area contributed by atoms with Crippen molar-refractivity contribution in [3.05, 3.63) is 32.3 Å². The number of aryl methyl sites for hydroxylation is 1. The maximum Gasteiger partial charge on any atom is 0.273 e. The topological polar surface area (TPSA) is 67.6 Å². The van der Waals surface area contributed by atoms with Crippen LogP contribution in [0.25, 0.3) is 0 Å². The first-order chi connectivity index (χ1) is 9.97.